The molecular formula is C16H15BrO4. The molecule has 21 heavy (non-hydrogen) atoms. The predicted octanol–water partition coefficient (Wildman–Crippen LogP) is 3.31. The normalized spacial score (nSPS) is 14.6. The molecule has 5 heteroatoms. The number of ether oxygens (including phenoxy) is 3. The minimum atomic E-state index is -0.773. The molecule has 0 spiro atoms. The standard InChI is InChI=1S/C16H15BrO4/c1-19-11-3-4-13(17)12(9-11)16(18)10-2-5-14-15(8-10)21-7-6-20-14/h2-5,8-9,16,18H,6-7H2,1H3. The second kappa shape index (κ2) is 5.95. The van der Waals surface area contributed by atoms with Gasteiger partial charge in [0.25, 0.3) is 0 Å². The summed E-state index contributed by atoms with van der Waals surface area (Å²) >= 11 is 3.46. The van der Waals surface area contributed by atoms with Crippen molar-refractivity contribution in [2.75, 3.05) is 20.3 Å². The number of hydrogen-bond donors (Lipinski definition) is 1. The van der Waals surface area contributed by atoms with Crippen molar-refractivity contribution in [1.29, 1.82) is 0 Å². The quantitative estimate of drug-likeness (QED) is 0.922. The second-order valence-corrected chi connectivity index (χ2v) is 5.55. The minimum Gasteiger partial charge on any atom is -0.497 e. The number of halogens is 1. The molecule has 2 aromatic carbocycles. The van der Waals surface area contributed by atoms with Crippen molar-refractivity contribution in [3.63, 3.8) is 0 Å². The summed E-state index contributed by atoms with van der Waals surface area (Å²) in [6.45, 7) is 1.08. The zero-order valence-corrected chi connectivity index (χ0v) is 13.1. The molecule has 0 saturated carbocycles. The first-order valence-electron chi connectivity index (χ1n) is 6.60. The van der Waals surface area contributed by atoms with E-state index in [1.165, 1.54) is 0 Å². The Morgan fingerprint density at radius 3 is 2.62 bits per heavy atom. The van der Waals surface area contributed by atoms with Crippen LogP contribution < -0.4 is 14.2 Å². The fourth-order valence-corrected chi connectivity index (χ4v) is 2.73. The van der Waals surface area contributed by atoms with Crippen LogP contribution in [0.5, 0.6) is 17.2 Å². The maximum absolute atomic E-state index is 10.6. The van der Waals surface area contributed by atoms with Gasteiger partial charge in [-0.05, 0) is 35.9 Å². The van der Waals surface area contributed by atoms with Crippen molar-refractivity contribution >= 4 is 15.9 Å². The zero-order chi connectivity index (χ0) is 14.8. The van der Waals surface area contributed by atoms with E-state index < -0.39 is 6.10 Å². The Hall–Kier alpha value is -1.72. The molecular weight excluding hydrogens is 336 g/mol. The average molecular weight is 351 g/mol. The molecule has 0 bridgehead atoms. The van der Waals surface area contributed by atoms with Crippen LogP contribution in [0.4, 0.5) is 0 Å². The van der Waals surface area contributed by atoms with Crippen molar-refractivity contribution in [3.8, 4) is 17.2 Å². The Balaban J connectivity index is 1.96. The van der Waals surface area contributed by atoms with Gasteiger partial charge in [-0.2, -0.15) is 0 Å². The van der Waals surface area contributed by atoms with Gasteiger partial charge in [0.05, 0.1) is 7.11 Å². The van der Waals surface area contributed by atoms with Crippen LogP contribution in [-0.2, 0) is 0 Å². The lowest BCUT2D eigenvalue weighted by Gasteiger charge is -2.21. The average Bonchev–Trinajstić information content (AvgIpc) is 2.54. The van der Waals surface area contributed by atoms with Crippen molar-refractivity contribution in [1.82, 2.24) is 0 Å². The van der Waals surface area contributed by atoms with E-state index in [1.807, 2.05) is 36.4 Å². The van der Waals surface area contributed by atoms with Crippen LogP contribution in [0.1, 0.15) is 17.2 Å². The molecule has 1 aliphatic rings. The number of benzene rings is 2. The van der Waals surface area contributed by atoms with Gasteiger partial charge in [0.15, 0.2) is 11.5 Å². The molecule has 4 nitrogen and oxygen atoms in total. The topological polar surface area (TPSA) is 47.9 Å². The van der Waals surface area contributed by atoms with Crippen LogP contribution in [0, 0.1) is 0 Å². The van der Waals surface area contributed by atoms with Gasteiger partial charge < -0.3 is 19.3 Å². The van der Waals surface area contributed by atoms with Gasteiger partial charge in [0.2, 0.25) is 0 Å². The monoisotopic (exact) mass is 350 g/mol. The summed E-state index contributed by atoms with van der Waals surface area (Å²) in [5, 5.41) is 10.6. The van der Waals surface area contributed by atoms with E-state index in [0.29, 0.717) is 30.5 Å². The molecule has 2 aromatic rings. The van der Waals surface area contributed by atoms with E-state index in [-0.39, 0.29) is 0 Å². The number of methoxy groups -OCH3 is 1. The van der Waals surface area contributed by atoms with E-state index in [0.717, 1.165) is 15.6 Å². The lowest BCUT2D eigenvalue weighted by Crippen LogP contribution is -2.15. The summed E-state index contributed by atoms with van der Waals surface area (Å²) in [4.78, 5) is 0. The number of fused-ring (bicyclic) bond motifs is 1. The van der Waals surface area contributed by atoms with Crippen LogP contribution in [0.25, 0.3) is 0 Å². The molecule has 0 amide bonds. The van der Waals surface area contributed by atoms with E-state index in [2.05, 4.69) is 15.9 Å². The highest BCUT2D eigenvalue weighted by Gasteiger charge is 2.18. The summed E-state index contributed by atoms with van der Waals surface area (Å²) in [5.41, 5.74) is 1.49. The SMILES string of the molecule is COc1ccc(Br)c(C(O)c2ccc3c(c2)OCCO3)c1. The third-order valence-electron chi connectivity index (χ3n) is 3.38. The molecule has 0 aliphatic carbocycles. The maximum Gasteiger partial charge on any atom is 0.161 e. The maximum atomic E-state index is 10.6. The largest absolute Gasteiger partial charge is 0.497 e. The van der Waals surface area contributed by atoms with E-state index in [9.17, 15) is 5.11 Å². The predicted molar refractivity (Wildman–Crippen MR) is 82.2 cm³/mol. The number of aliphatic hydroxyl groups excluding tert-OH is 1. The summed E-state index contributed by atoms with van der Waals surface area (Å²) in [6, 6.07) is 11.0. The number of rotatable bonds is 3. The highest BCUT2D eigenvalue weighted by Crippen LogP contribution is 2.36. The fraction of sp³-hybridized carbons (Fsp3) is 0.250. The Bertz CT molecular complexity index is 657. The summed E-state index contributed by atoms with van der Waals surface area (Å²) in [6.07, 6.45) is -0.773. The van der Waals surface area contributed by atoms with E-state index >= 15 is 0 Å². The number of aliphatic hydroxyl groups is 1. The van der Waals surface area contributed by atoms with Gasteiger partial charge in [0, 0.05) is 10.0 Å². The fourth-order valence-electron chi connectivity index (χ4n) is 2.27. The van der Waals surface area contributed by atoms with Crippen molar-refractivity contribution in [3.05, 3.63) is 52.0 Å². The zero-order valence-electron chi connectivity index (χ0n) is 11.5. The molecule has 1 unspecified atom stereocenters. The highest BCUT2D eigenvalue weighted by atomic mass is 79.9. The molecule has 1 heterocycles. The molecule has 0 radical (unpaired) electrons. The van der Waals surface area contributed by atoms with Crippen molar-refractivity contribution < 1.29 is 19.3 Å². The minimum absolute atomic E-state index is 0.523. The van der Waals surface area contributed by atoms with Gasteiger partial charge in [0.1, 0.15) is 25.1 Å². The molecule has 110 valence electrons. The second-order valence-electron chi connectivity index (χ2n) is 4.69. The Morgan fingerprint density at radius 1 is 1.10 bits per heavy atom. The third-order valence-corrected chi connectivity index (χ3v) is 4.10. The summed E-state index contributed by atoms with van der Waals surface area (Å²) in [7, 11) is 1.60. The van der Waals surface area contributed by atoms with Gasteiger partial charge in [-0.3, -0.25) is 0 Å². The first kappa shape index (κ1) is 14.2. The Morgan fingerprint density at radius 2 is 1.86 bits per heavy atom. The summed E-state index contributed by atoms with van der Waals surface area (Å²) in [5.74, 6) is 2.07. The Kier molecular flexibility index (Phi) is 4.03. The Labute approximate surface area is 131 Å². The van der Waals surface area contributed by atoms with Crippen LogP contribution in [0.2, 0.25) is 0 Å². The molecule has 0 aromatic heterocycles. The van der Waals surface area contributed by atoms with Crippen LogP contribution in [0.15, 0.2) is 40.9 Å². The molecule has 3 rings (SSSR count). The van der Waals surface area contributed by atoms with Crippen LogP contribution in [0.3, 0.4) is 0 Å². The van der Waals surface area contributed by atoms with Gasteiger partial charge >= 0.3 is 0 Å². The number of hydrogen-bond acceptors (Lipinski definition) is 4. The van der Waals surface area contributed by atoms with E-state index in [1.54, 1.807) is 7.11 Å². The van der Waals surface area contributed by atoms with Gasteiger partial charge in [-0.25, -0.2) is 0 Å². The third kappa shape index (κ3) is 2.84. The first-order chi connectivity index (χ1) is 10.2. The molecule has 1 N–H and O–H groups in total. The first-order valence-corrected chi connectivity index (χ1v) is 7.39. The molecule has 0 fully saturated rings. The molecule has 1 aliphatic heterocycles. The van der Waals surface area contributed by atoms with Crippen LogP contribution in [-0.4, -0.2) is 25.4 Å². The smallest absolute Gasteiger partial charge is 0.161 e. The van der Waals surface area contributed by atoms with Gasteiger partial charge in [-0.1, -0.05) is 22.0 Å². The van der Waals surface area contributed by atoms with Crippen LogP contribution >= 0.6 is 15.9 Å². The molecule has 1 atom stereocenters. The van der Waals surface area contributed by atoms with E-state index in [4.69, 9.17) is 14.2 Å². The highest BCUT2D eigenvalue weighted by molar-refractivity contribution is 9.10. The van der Waals surface area contributed by atoms with Crippen molar-refractivity contribution in [2.45, 2.75) is 6.10 Å². The van der Waals surface area contributed by atoms with Crippen molar-refractivity contribution in [2.24, 2.45) is 0 Å². The molecule has 0 saturated heterocycles. The lowest BCUT2D eigenvalue weighted by molar-refractivity contribution is 0.169. The lowest BCUT2D eigenvalue weighted by atomic mass is 10.0. The summed E-state index contributed by atoms with van der Waals surface area (Å²) < 4.78 is 17.1. The van der Waals surface area contributed by atoms with Gasteiger partial charge in [-0.15, -0.1) is 0 Å².